The van der Waals surface area contributed by atoms with Crippen LogP contribution >= 0.6 is 0 Å². The number of nitrogens with zero attached hydrogens (tertiary/aromatic N) is 1. The third kappa shape index (κ3) is 3.11. The summed E-state index contributed by atoms with van der Waals surface area (Å²) in [5.74, 6) is -0.906. The molecule has 1 unspecified atom stereocenters. The molecule has 0 aliphatic carbocycles. The Morgan fingerprint density at radius 3 is 2.10 bits per heavy atom. The summed E-state index contributed by atoms with van der Waals surface area (Å²) in [6.07, 6.45) is 4.25. The highest BCUT2D eigenvalue weighted by Crippen LogP contribution is 2.32. The van der Waals surface area contributed by atoms with Crippen molar-refractivity contribution in [1.29, 1.82) is 0 Å². The van der Waals surface area contributed by atoms with Crippen molar-refractivity contribution in [2.75, 3.05) is 19.3 Å². The first kappa shape index (κ1) is 16.0. The van der Waals surface area contributed by atoms with Gasteiger partial charge in [0.2, 0.25) is 0 Å². The number of piperidine rings is 1. The van der Waals surface area contributed by atoms with Crippen LogP contribution in [0.5, 0.6) is 0 Å². The Bertz CT molecular complexity index is 618. The maximum Gasteiger partial charge on any atom is 0.328 e. The maximum atomic E-state index is 11.8. The number of rotatable bonds is 4. The molecule has 0 saturated carbocycles. The summed E-state index contributed by atoms with van der Waals surface area (Å²) in [5.41, 5.74) is -0.500. The van der Waals surface area contributed by atoms with E-state index in [1.807, 2.05) is 4.90 Å². The van der Waals surface area contributed by atoms with Gasteiger partial charge in [0, 0.05) is 6.26 Å². The quantitative estimate of drug-likeness (QED) is 0.919. The molecular weight excluding hydrogens is 290 g/mol. The van der Waals surface area contributed by atoms with Gasteiger partial charge in [-0.05, 0) is 50.6 Å². The predicted molar refractivity (Wildman–Crippen MR) is 80.0 cm³/mol. The van der Waals surface area contributed by atoms with Crippen LogP contribution < -0.4 is 0 Å². The highest BCUT2D eigenvalue weighted by Gasteiger charge is 2.41. The topological polar surface area (TPSA) is 74.7 Å². The van der Waals surface area contributed by atoms with Crippen LogP contribution in [0.1, 0.15) is 31.7 Å². The van der Waals surface area contributed by atoms with Crippen molar-refractivity contribution >= 4 is 15.8 Å². The fourth-order valence-electron chi connectivity index (χ4n) is 2.81. The number of carboxylic acids is 1. The smallest absolute Gasteiger partial charge is 0.328 e. The van der Waals surface area contributed by atoms with Crippen molar-refractivity contribution in [1.82, 2.24) is 4.90 Å². The highest BCUT2D eigenvalue weighted by atomic mass is 32.2. The van der Waals surface area contributed by atoms with Crippen LogP contribution in [0.4, 0.5) is 0 Å². The molecule has 1 saturated heterocycles. The minimum Gasteiger partial charge on any atom is -0.480 e. The van der Waals surface area contributed by atoms with Crippen molar-refractivity contribution < 1.29 is 18.3 Å². The van der Waals surface area contributed by atoms with Gasteiger partial charge < -0.3 is 5.11 Å². The van der Waals surface area contributed by atoms with E-state index in [9.17, 15) is 18.3 Å². The number of sulfone groups is 1. The molecule has 0 amide bonds. The molecule has 0 aromatic heterocycles. The summed E-state index contributed by atoms with van der Waals surface area (Å²) in [5, 5.41) is 9.71. The molecular formula is C15H21NO4S. The second-order valence-electron chi connectivity index (χ2n) is 5.72. The van der Waals surface area contributed by atoms with Gasteiger partial charge >= 0.3 is 5.97 Å². The van der Waals surface area contributed by atoms with Crippen LogP contribution in [-0.2, 0) is 20.2 Å². The molecule has 1 N–H and O–H groups in total. The SMILES string of the molecule is CC(C(=O)O)(c1ccc(S(C)(=O)=O)cc1)N1CCCCC1. The van der Waals surface area contributed by atoms with E-state index in [1.54, 1.807) is 19.1 Å². The summed E-state index contributed by atoms with van der Waals surface area (Å²) < 4.78 is 23.0. The van der Waals surface area contributed by atoms with E-state index in [0.29, 0.717) is 5.56 Å². The van der Waals surface area contributed by atoms with Crippen LogP contribution in [0, 0.1) is 0 Å². The zero-order chi connectivity index (χ0) is 15.7. The van der Waals surface area contributed by atoms with Gasteiger partial charge in [-0.25, -0.2) is 13.2 Å². The van der Waals surface area contributed by atoms with Crippen LogP contribution in [-0.4, -0.2) is 43.7 Å². The Kier molecular flexibility index (Phi) is 4.39. The molecule has 2 rings (SSSR count). The minimum absolute atomic E-state index is 0.206. The Balaban J connectivity index is 2.40. The van der Waals surface area contributed by atoms with Crippen LogP contribution in [0.15, 0.2) is 29.2 Å². The molecule has 0 radical (unpaired) electrons. The summed E-state index contributed by atoms with van der Waals surface area (Å²) >= 11 is 0. The number of benzene rings is 1. The van der Waals surface area contributed by atoms with E-state index in [2.05, 4.69) is 0 Å². The second-order valence-corrected chi connectivity index (χ2v) is 7.74. The first-order valence-electron chi connectivity index (χ1n) is 7.05. The average Bonchev–Trinajstić information content (AvgIpc) is 2.46. The Hall–Kier alpha value is -1.40. The fraction of sp³-hybridized carbons (Fsp3) is 0.533. The number of hydrogen-bond donors (Lipinski definition) is 1. The molecule has 6 heteroatoms. The lowest BCUT2D eigenvalue weighted by Crippen LogP contribution is -2.51. The molecule has 21 heavy (non-hydrogen) atoms. The Morgan fingerprint density at radius 2 is 1.67 bits per heavy atom. The summed E-state index contributed by atoms with van der Waals surface area (Å²) in [6.45, 7) is 3.18. The highest BCUT2D eigenvalue weighted by molar-refractivity contribution is 7.90. The van der Waals surface area contributed by atoms with Crippen molar-refractivity contribution in [2.24, 2.45) is 0 Å². The molecule has 1 aromatic carbocycles. The number of carboxylic acid groups (broad SMARTS) is 1. The number of aliphatic carboxylic acids is 1. The molecule has 1 atom stereocenters. The van der Waals surface area contributed by atoms with Crippen LogP contribution in [0.3, 0.4) is 0 Å². The molecule has 116 valence electrons. The minimum atomic E-state index is -3.27. The van der Waals surface area contributed by atoms with Crippen molar-refractivity contribution in [3.05, 3.63) is 29.8 Å². The first-order valence-corrected chi connectivity index (χ1v) is 8.94. The predicted octanol–water partition coefficient (Wildman–Crippen LogP) is 1.88. The summed E-state index contributed by atoms with van der Waals surface area (Å²) in [7, 11) is -3.27. The number of likely N-dealkylation sites (tertiary alicyclic amines) is 1. The lowest BCUT2D eigenvalue weighted by atomic mass is 9.88. The molecule has 5 nitrogen and oxygen atoms in total. The van der Waals surface area contributed by atoms with Gasteiger partial charge in [0.1, 0.15) is 5.54 Å². The first-order chi connectivity index (χ1) is 9.76. The van der Waals surface area contributed by atoms with Crippen LogP contribution in [0.25, 0.3) is 0 Å². The van der Waals surface area contributed by atoms with E-state index in [-0.39, 0.29) is 4.90 Å². The molecule has 1 fully saturated rings. The Morgan fingerprint density at radius 1 is 1.14 bits per heavy atom. The lowest BCUT2D eigenvalue weighted by molar-refractivity contribution is -0.152. The molecule has 1 aliphatic rings. The molecule has 0 spiro atoms. The van der Waals surface area contributed by atoms with Crippen molar-refractivity contribution in [3.8, 4) is 0 Å². The van der Waals surface area contributed by atoms with Gasteiger partial charge in [-0.1, -0.05) is 18.6 Å². The molecule has 1 aliphatic heterocycles. The van der Waals surface area contributed by atoms with Gasteiger partial charge in [-0.2, -0.15) is 0 Å². The summed E-state index contributed by atoms with van der Waals surface area (Å²) in [4.78, 5) is 14.0. The average molecular weight is 311 g/mol. The van der Waals surface area contributed by atoms with Crippen LogP contribution in [0.2, 0.25) is 0 Å². The largest absolute Gasteiger partial charge is 0.480 e. The maximum absolute atomic E-state index is 11.8. The van der Waals surface area contributed by atoms with E-state index < -0.39 is 21.3 Å². The second kappa shape index (κ2) is 5.77. The fourth-order valence-corrected chi connectivity index (χ4v) is 3.44. The third-order valence-corrected chi connectivity index (χ3v) is 5.38. The number of carbonyl (C=O) groups is 1. The monoisotopic (exact) mass is 311 g/mol. The zero-order valence-corrected chi connectivity index (χ0v) is 13.2. The summed E-state index contributed by atoms with van der Waals surface area (Å²) in [6, 6.07) is 6.18. The van der Waals surface area contributed by atoms with Crippen molar-refractivity contribution in [3.63, 3.8) is 0 Å². The van der Waals surface area contributed by atoms with Gasteiger partial charge in [-0.15, -0.1) is 0 Å². The number of hydrogen-bond acceptors (Lipinski definition) is 4. The van der Waals surface area contributed by atoms with E-state index in [1.165, 1.54) is 12.1 Å². The lowest BCUT2D eigenvalue weighted by Gasteiger charge is -2.40. The molecule has 0 bridgehead atoms. The van der Waals surface area contributed by atoms with Crippen molar-refractivity contribution in [2.45, 2.75) is 36.6 Å². The molecule has 1 heterocycles. The van der Waals surface area contributed by atoms with E-state index in [4.69, 9.17) is 0 Å². The normalized spacial score (nSPS) is 19.9. The third-order valence-electron chi connectivity index (χ3n) is 4.25. The van der Waals surface area contributed by atoms with Gasteiger partial charge in [-0.3, -0.25) is 4.90 Å². The van der Waals surface area contributed by atoms with Gasteiger partial charge in [0.25, 0.3) is 0 Å². The zero-order valence-electron chi connectivity index (χ0n) is 12.4. The van der Waals surface area contributed by atoms with E-state index in [0.717, 1.165) is 38.6 Å². The van der Waals surface area contributed by atoms with E-state index >= 15 is 0 Å². The Labute approximate surface area is 125 Å². The van der Waals surface area contributed by atoms with Gasteiger partial charge in [0.05, 0.1) is 4.90 Å². The standard InChI is InChI=1S/C15H21NO4S/c1-15(14(17)18,16-10-4-3-5-11-16)12-6-8-13(9-7-12)21(2,19)20/h6-9H,3-5,10-11H2,1-2H3,(H,17,18). The molecule has 1 aromatic rings. The van der Waals surface area contributed by atoms with Gasteiger partial charge in [0.15, 0.2) is 9.84 Å².